The van der Waals surface area contributed by atoms with Crippen LogP contribution in [0, 0.1) is 6.92 Å². The minimum absolute atomic E-state index is 0.783. The van der Waals surface area contributed by atoms with Crippen LogP contribution in [0.2, 0.25) is 0 Å². The quantitative estimate of drug-likeness (QED) is 0.848. The first kappa shape index (κ1) is 10.7. The summed E-state index contributed by atoms with van der Waals surface area (Å²) in [6.07, 6.45) is 3.86. The molecular weight excluding hydrogens is 202 g/mol. The summed E-state index contributed by atoms with van der Waals surface area (Å²) >= 11 is 0. The first-order chi connectivity index (χ1) is 7.70. The monoisotopic (exact) mass is 219 g/mol. The van der Waals surface area contributed by atoms with Crippen molar-refractivity contribution in [3.8, 4) is 0 Å². The van der Waals surface area contributed by atoms with E-state index in [0.717, 1.165) is 24.6 Å². The summed E-state index contributed by atoms with van der Waals surface area (Å²) in [6, 6.07) is 1.96. The molecular formula is C11H17N5. The van der Waals surface area contributed by atoms with Gasteiger partial charge in [-0.3, -0.25) is 9.36 Å². The number of aromatic nitrogens is 4. The molecule has 0 unspecified atom stereocenters. The Balaban J connectivity index is 2.04. The van der Waals surface area contributed by atoms with E-state index in [9.17, 15) is 0 Å². The van der Waals surface area contributed by atoms with Crippen molar-refractivity contribution in [3.05, 3.63) is 29.7 Å². The summed E-state index contributed by atoms with van der Waals surface area (Å²) in [7, 11) is 1.92. The molecule has 0 amide bonds. The SMILES string of the molecule is CCn1cc(CNc2ccnn2C)c(C)n1. The molecule has 0 fully saturated rings. The second kappa shape index (κ2) is 4.38. The molecule has 0 radical (unpaired) electrons. The summed E-state index contributed by atoms with van der Waals surface area (Å²) in [5.41, 5.74) is 2.31. The number of rotatable bonds is 4. The van der Waals surface area contributed by atoms with Gasteiger partial charge in [0.25, 0.3) is 0 Å². The van der Waals surface area contributed by atoms with Crippen molar-refractivity contribution in [1.29, 1.82) is 0 Å². The number of hydrogen-bond acceptors (Lipinski definition) is 3. The maximum Gasteiger partial charge on any atom is 0.124 e. The van der Waals surface area contributed by atoms with Gasteiger partial charge in [-0.25, -0.2) is 0 Å². The highest BCUT2D eigenvalue weighted by atomic mass is 15.3. The Labute approximate surface area is 95.1 Å². The molecule has 0 saturated carbocycles. The van der Waals surface area contributed by atoms with Crippen LogP contribution in [0.25, 0.3) is 0 Å². The number of hydrogen-bond donors (Lipinski definition) is 1. The fourth-order valence-electron chi connectivity index (χ4n) is 1.63. The summed E-state index contributed by atoms with van der Waals surface area (Å²) in [6.45, 7) is 5.81. The van der Waals surface area contributed by atoms with Crippen molar-refractivity contribution in [3.63, 3.8) is 0 Å². The Kier molecular flexibility index (Phi) is 2.94. The van der Waals surface area contributed by atoms with Gasteiger partial charge >= 0.3 is 0 Å². The van der Waals surface area contributed by atoms with Crippen LogP contribution in [0.5, 0.6) is 0 Å². The third kappa shape index (κ3) is 2.08. The molecule has 5 nitrogen and oxygen atoms in total. The van der Waals surface area contributed by atoms with Gasteiger partial charge in [-0.1, -0.05) is 0 Å². The van der Waals surface area contributed by atoms with Gasteiger partial charge < -0.3 is 5.32 Å². The third-order valence-electron chi connectivity index (χ3n) is 2.65. The van der Waals surface area contributed by atoms with E-state index < -0.39 is 0 Å². The fraction of sp³-hybridized carbons (Fsp3) is 0.455. The van der Waals surface area contributed by atoms with E-state index in [4.69, 9.17) is 0 Å². The highest BCUT2D eigenvalue weighted by molar-refractivity contribution is 5.35. The minimum Gasteiger partial charge on any atom is -0.366 e. The zero-order valence-electron chi connectivity index (χ0n) is 9.94. The molecule has 0 saturated heterocycles. The summed E-state index contributed by atoms with van der Waals surface area (Å²) in [5, 5.41) is 11.8. The van der Waals surface area contributed by atoms with Crippen molar-refractivity contribution in [2.75, 3.05) is 5.32 Å². The molecule has 2 aromatic rings. The van der Waals surface area contributed by atoms with E-state index in [-0.39, 0.29) is 0 Å². The summed E-state index contributed by atoms with van der Waals surface area (Å²) < 4.78 is 3.77. The predicted molar refractivity (Wildman–Crippen MR) is 63.2 cm³/mol. The fourth-order valence-corrected chi connectivity index (χ4v) is 1.63. The molecule has 0 aromatic carbocycles. The highest BCUT2D eigenvalue weighted by Gasteiger charge is 2.04. The van der Waals surface area contributed by atoms with E-state index in [1.54, 1.807) is 6.20 Å². The summed E-state index contributed by atoms with van der Waals surface area (Å²) in [5.74, 6) is 1.02. The number of anilines is 1. The maximum absolute atomic E-state index is 4.41. The second-order valence-corrected chi connectivity index (χ2v) is 3.79. The molecule has 16 heavy (non-hydrogen) atoms. The Morgan fingerprint density at radius 3 is 2.81 bits per heavy atom. The van der Waals surface area contributed by atoms with Gasteiger partial charge in [0.1, 0.15) is 5.82 Å². The lowest BCUT2D eigenvalue weighted by atomic mass is 10.2. The minimum atomic E-state index is 0.783. The molecule has 5 heteroatoms. The lowest BCUT2D eigenvalue weighted by molar-refractivity contribution is 0.653. The van der Waals surface area contributed by atoms with Crippen LogP contribution in [-0.4, -0.2) is 19.6 Å². The molecule has 0 spiro atoms. The average Bonchev–Trinajstić information content (AvgIpc) is 2.82. The topological polar surface area (TPSA) is 47.7 Å². The van der Waals surface area contributed by atoms with Gasteiger partial charge in [0.2, 0.25) is 0 Å². The van der Waals surface area contributed by atoms with Crippen molar-refractivity contribution < 1.29 is 0 Å². The van der Waals surface area contributed by atoms with Gasteiger partial charge in [-0.15, -0.1) is 0 Å². The molecule has 0 aliphatic heterocycles. The Bertz CT molecular complexity index is 468. The molecule has 2 rings (SSSR count). The van der Waals surface area contributed by atoms with Crippen LogP contribution in [0.4, 0.5) is 5.82 Å². The number of nitrogens with zero attached hydrogens (tertiary/aromatic N) is 4. The van der Waals surface area contributed by atoms with Crippen molar-refractivity contribution in [2.24, 2.45) is 7.05 Å². The third-order valence-corrected chi connectivity index (χ3v) is 2.65. The van der Waals surface area contributed by atoms with Gasteiger partial charge in [0.05, 0.1) is 11.9 Å². The highest BCUT2D eigenvalue weighted by Crippen LogP contribution is 2.10. The summed E-state index contributed by atoms with van der Waals surface area (Å²) in [4.78, 5) is 0. The molecule has 2 aromatic heterocycles. The van der Waals surface area contributed by atoms with E-state index >= 15 is 0 Å². The Morgan fingerprint density at radius 2 is 2.25 bits per heavy atom. The smallest absolute Gasteiger partial charge is 0.124 e. The Morgan fingerprint density at radius 1 is 1.44 bits per heavy atom. The Hall–Kier alpha value is -1.78. The first-order valence-corrected chi connectivity index (χ1v) is 5.45. The number of aryl methyl sites for hydroxylation is 3. The van der Waals surface area contributed by atoms with Crippen LogP contribution in [-0.2, 0) is 20.1 Å². The zero-order valence-corrected chi connectivity index (χ0v) is 9.94. The first-order valence-electron chi connectivity index (χ1n) is 5.45. The molecule has 2 heterocycles. The predicted octanol–water partition coefficient (Wildman–Crippen LogP) is 1.56. The average molecular weight is 219 g/mol. The normalized spacial score (nSPS) is 10.7. The van der Waals surface area contributed by atoms with Crippen LogP contribution in [0.3, 0.4) is 0 Å². The van der Waals surface area contributed by atoms with E-state index in [1.807, 2.05) is 29.4 Å². The van der Waals surface area contributed by atoms with Gasteiger partial charge in [0.15, 0.2) is 0 Å². The van der Waals surface area contributed by atoms with Crippen molar-refractivity contribution in [2.45, 2.75) is 26.9 Å². The molecule has 0 bridgehead atoms. The van der Waals surface area contributed by atoms with Crippen LogP contribution < -0.4 is 5.32 Å². The number of nitrogens with one attached hydrogen (secondary N) is 1. The molecule has 0 atom stereocenters. The standard InChI is InChI=1S/C11H17N5/c1-4-16-8-10(9(2)14-16)7-12-11-5-6-13-15(11)3/h5-6,8,12H,4,7H2,1-3H3. The maximum atomic E-state index is 4.41. The van der Waals surface area contributed by atoms with Gasteiger partial charge in [-0.05, 0) is 13.8 Å². The molecule has 1 N–H and O–H groups in total. The van der Waals surface area contributed by atoms with Crippen molar-refractivity contribution >= 4 is 5.82 Å². The van der Waals surface area contributed by atoms with E-state index in [2.05, 4.69) is 28.6 Å². The van der Waals surface area contributed by atoms with E-state index in [0.29, 0.717) is 0 Å². The zero-order chi connectivity index (χ0) is 11.5. The van der Waals surface area contributed by atoms with Crippen LogP contribution >= 0.6 is 0 Å². The lowest BCUT2D eigenvalue weighted by Gasteiger charge is -2.04. The molecule has 0 aliphatic rings. The van der Waals surface area contributed by atoms with Gasteiger partial charge in [0, 0.05) is 38.0 Å². The van der Waals surface area contributed by atoms with E-state index in [1.165, 1.54) is 5.56 Å². The van der Waals surface area contributed by atoms with Crippen molar-refractivity contribution in [1.82, 2.24) is 19.6 Å². The van der Waals surface area contributed by atoms with Gasteiger partial charge in [-0.2, -0.15) is 10.2 Å². The molecule has 0 aliphatic carbocycles. The largest absolute Gasteiger partial charge is 0.366 e. The molecule has 86 valence electrons. The second-order valence-electron chi connectivity index (χ2n) is 3.79. The van der Waals surface area contributed by atoms with Crippen LogP contribution in [0.1, 0.15) is 18.2 Å². The van der Waals surface area contributed by atoms with Crippen LogP contribution in [0.15, 0.2) is 18.5 Å². The lowest BCUT2D eigenvalue weighted by Crippen LogP contribution is -2.04.